The van der Waals surface area contributed by atoms with Crippen molar-refractivity contribution in [2.24, 2.45) is 11.7 Å². The van der Waals surface area contributed by atoms with Gasteiger partial charge in [-0.3, -0.25) is 4.98 Å². The molecule has 0 fully saturated rings. The molecule has 4 aromatic rings. The molecule has 0 unspecified atom stereocenters. The van der Waals surface area contributed by atoms with Crippen molar-refractivity contribution >= 4 is 21.5 Å². The van der Waals surface area contributed by atoms with E-state index < -0.39 is 5.54 Å². The van der Waals surface area contributed by atoms with Gasteiger partial charge in [0.25, 0.3) is 0 Å². The first kappa shape index (κ1) is 18.6. The number of hydrogen-bond acceptors (Lipinski definition) is 2. The first-order valence-corrected chi connectivity index (χ1v) is 10.0. The molecule has 0 spiro atoms. The van der Waals surface area contributed by atoms with Crippen LogP contribution in [0.3, 0.4) is 0 Å². The zero-order chi connectivity index (χ0) is 19.9. The van der Waals surface area contributed by atoms with E-state index in [0.29, 0.717) is 5.92 Å². The summed E-state index contributed by atoms with van der Waals surface area (Å²) in [6.07, 6.45) is 3.08. The minimum Gasteiger partial charge on any atom is -0.322 e. The lowest BCUT2D eigenvalue weighted by molar-refractivity contribution is 0.560. The van der Waals surface area contributed by atoms with Crippen LogP contribution in [0.2, 0.25) is 0 Å². The molecule has 0 aliphatic carbocycles. The minimum atomic E-state index is -0.420. The monoisotopic (exact) mass is 368 g/mol. The predicted molar refractivity (Wildman–Crippen MR) is 120 cm³/mol. The van der Waals surface area contributed by atoms with Crippen LogP contribution in [0.25, 0.3) is 32.8 Å². The Morgan fingerprint density at radius 1 is 0.893 bits per heavy atom. The van der Waals surface area contributed by atoms with Crippen molar-refractivity contribution in [2.45, 2.75) is 39.7 Å². The maximum absolute atomic E-state index is 6.51. The molecule has 28 heavy (non-hydrogen) atoms. The summed E-state index contributed by atoms with van der Waals surface area (Å²) in [6.45, 7) is 8.64. The van der Waals surface area contributed by atoms with Gasteiger partial charge in [-0.25, -0.2) is 0 Å². The Hall–Kier alpha value is -2.71. The molecule has 1 aromatic heterocycles. The quantitative estimate of drug-likeness (QED) is 0.450. The Labute approximate surface area is 167 Å². The molecular formula is C26H28N2. The number of rotatable bonds is 4. The number of hydrogen-bond donors (Lipinski definition) is 1. The summed E-state index contributed by atoms with van der Waals surface area (Å²) in [5.41, 5.74) is 10.7. The van der Waals surface area contributed by atoms with Gasteiger partial charge in [0.1, 0.15) is 0 Å². The van der Waals surface area contributed by atoms with Gasteiger partial charge in [0.2, 0.25) is 0 Å². The first-order chi connectivity index (χ1) is 13.3. The van der Waals surface area contributed by atoms with Crippen molar-refractivity contribution in [2.75, 3.05) is 0 Å². The van der Waals surface area contributed by atoms with Crippen molar-refractivity contribution in [1.82, 2.24) is 4.98 Å². The van der Waals surface area contributed by atoms with Gasteiger partial charge >= 0.3 is 0 Å². The van der Waals surface area contributed by atoms with Gasteiger partial charge in [-0.2, -0.15) is 0 Å². The fraction of sp³-hybridized carbons (Fsp3) is 0.269. The third kappa shape index (κ3) is 3.53. The molecule has 0 saturated heterocycles. The van der Waals surface area contributed by atoms with Crippen molar-refractivity contribution in [1.29, 1.82) is 0 Å². The van der Waals surface area contributed by atoms with Gasteiger partial charge in [0.15, 0.2) is 0 Å². The normalized spacial score (nSPS) is 12.2. The average molecular weight is 369 g/mol. The van der Waals surface area contributed by atoms with Crippen LogP contribution in [0.4, 0.5) is 0 Å². The second-order valence-corrected chi connectivity index (χ2v) is 8.78. The fourth-order valence-corrected chi connectivity index (χ4v) is 4.03. The predicted octanol–water partition coefficient (Wildman–Crippen LogP) is 6.45. The molecule has 0 saturated carbocycles. The van der Waals surface area contributed by atoms with Crippen LogP contribution in [0.15, 0.2) is 66.9 Å². The third-order valence-electron chi connectivity index (χ3n) is 5.30. The van der Waals surface area contributed by atoms with Crippen LogP contribution in [-0.2, 0) is 12.0 Å². The first-order valence-electron chi connectivity index (χ1n) is 10.0. The molecule has 0 bridgehead atoms. The number of pyridine rings is 1. The standard InChI is InChI=1S/C26H28N2/c1-17(2)13-18-11-12-20-16-28-24(15-21(20)14-18)22-9-5-7-19-8-6-10-23(25(19)22)26(3,4)27/h5-12,14-17H,13,27H2,1-4H3. The van der Waals surface area contributed by atoms with Crippen LogP contribution in [0.5, 0.6) is 0 Å². The molecule has 0 aliphatic rings. The molecule has 0 amide bonds. The maximum Gasteiger partial charge on any atom is 0.0714 e. The van der Waals surface area contributed by atoms with Crippen LogP contribution < -0.4 is 5.73 Å². The molecule has 1 heterocycles. The molecule has 2 N–H and O–H groups in total. The van der Waals surface area contributed by atoms with E-state index >= 15 is 0 Å². The van der Waals surface area contributed by atoms with Crippen LogP contribution in [0, 0.1) is 5.92 Å². The number of nitrogens with two attached hydrogens (primary N) is 1. The smallest absolute Gasteiger partial charge is 0.0714 e. The Morgan fingerprint density at radius 3 is 2.36 bits per heavy atom. The summed E-state index contributed by atoms with van der Waals surface area (Å²) in [6, 6.07) is 21.7. The maximum atomic E-state index is 6.51. The summed E-state index contributed by atoms with van der Waals surface area (Å²) >= 11 is 0. The lowest BCUT2D eigenvalue weighted by Gasteiger charge is -2.23. The van der Waals surface area contributed by atoms with Crippen molar-refractivity contribution in [3.05, 3.63) is 78.0 Å². The van der Waals surface area contributed by atoms with Crippen LogP contribution in [0.1, 0.15) is 38.8 Å². The van der Waals surface area contributed by atoms with E-state index in [1.807, 2.05) is 6.20 Å². The van der Waals surface area contributed by atoms with Crippen molar-refractivity contribution in [3.63, 3.8) is 0 Å². The summed E-state index contributed by atoms with van der Waals surface area (Å²) in [4.78, 5) is 4.80. The number of aromatic nitrogens is 1. The van der Waals surface area contributed by atoms with Gasteiger partial charge in [-0.15, -0.1) is 0 Å². The summed E-state index contributed by atoms with van der Waals surface area (Å²) in [5.74, 6) is 0.645. The highest BCUT2D eigenvalue weighted by molar-refractivity contribution is 6.00. The lowest BCUT2D eigenvalue weighted by atomic mass is 9.87. The van der Waals surface area contributed by atoms with E-state index in [9.17, 15) is 0 Å². The van der Waals surface area contributed by atoms with Crippen LogP contribution in [-0.4, -0.2) is 4.98 Å². The average Bonchev–Trinajstić information content (AvgIpc) is 2.65. The van der Waals surface area contributed by atoms with Gasteiger partial charge in [0.05, 0.1) is 5.69 Å². The number of nitrogens with zero attached hydrogens (tertiary/aromatic N) is 1. The van der Waals surface area contributed by atoms with Gasteiger partial charge in [0, 0.05) is 22.7 Å². The summed E-state index contributed by atoms with van der Waals surface area (Å²) in [7, 11) is 0. The largest absolute Gasteiger partial charge is 0.322 e. The highest BCUT2D eigenvalue weighted by atomic mass is 14.7. The molecule has 2 heteroatoms. The molecule has 0 radical (unpaired) electrons. The fourth-order valence-electron chi connectivity index (χ4n) is 4.03. The van der Waals surface area contributed by atoms with Gasteiger partial charge in [-0.05, 0) is 59.5 Å². The Bertz CT molecular complexity index is 1140. The Morgan fingerprint density at radius 2 is 1.64 bits per heavy atom. The van der Waals surface area contributed by atoms with E-state index in [1.165, 1.54) is 27.1 Å². The number of fused-ring (bicyclic) bond motifs is 2. The van der Waals surface area contributed by atoms with E-state index in [2.05, 4.69) is 88.4 Å². The Balaban J connectivity index is 1.93. The topological polar surface area (TPSA) is 38.9 Å². The van der Waals surface area contributed by atoms with Gasteiger partial charge in [-0.1, -0.05) is 68.4 Å². The van der Waals surface area contributed by atoms with E-state index in [4.69, 9.17) is 10.7 Å². The van der Waals surface area contributed by atoms with Gasteiger partial charge < -0.3 is 5.73 Å². The lowest BCUT2D eigenvalue weighted by Crippen LogP contribution is -2.28. The Kier molecular flexibility index (Phi) is 4.68. The van der Waals surface area contributed by atoms with Crippen molar-refractivity contribution in [3.8, 4) is 11.3 Å². The van der Waals surface area contributed by atoms with E-state index in [0.717, 1.165) is 23.2 Å². The molecule has 4 rings (SSSR count). The second kappa shape index (κ2) is 7.03. The molecule has 3 aromatic carbocycles. The highest BCUT2D eigenvalue weighted by Crippen LogP contribution is 2.35. The molecule has 2 nitrogen and oxygen atoms in total. The molecular weight excluding hydrogens is 340 g/mol. The minimum absolute atomic E-state index is 0.420. The van der Waals surface area contributed by atoms with E-state index in [1.54, 1.807) is 0 Å². The zero-order valence-electron chi connectivity index (χ0n) is 17.2. The zero-order valence-corrected chi connectivity index (χ0v) is 17.2. The summed E-state index contributed by atoms with van der Waals surface area (Å²) < 4.78 is 0. The van der Waals surface area contributed by atoms with Crippen molar-refractivity contribution < 1.29 is 0 Å². The second-order valence-electron chi connectivity index (χ2n) is 8.78. The molecule has 0 aliphatic heterocycles. The van der Waals surface area contributed by atoms with E-state index in [-0.39, 0.29) is 0 Å². The highest BCUT2D eigenvalue weighted by Gasteiger charge is 2.19. The molecule has 142 valence electrons. The summed E-state index contributed by atoms with van der Waals surface area (Å²) in [5, 5.41) is 4.81. The van der Waals surface area contributed by atoms with Crippen LogP contribution >= 0.6 is 0 Å². The third-order valence-corrected chi connectivity index (χ3v) is 5.30. The molecule has 0 atom stereocenters. The SMILES string of the molecule is CC(C)Cc1ccc2cnc(-c3cccc4cccc(C(C)(C)N)c34)cc2c1. The number of benzene rings is 3.